The van der Waals surface area contributed by atoms with E-state index in [0.29, 0.717) is 31.4 Å². The van der Waals surface area contributed by atoms with Gasteiger partial charge in [-0.25, -0.2) is 0 Å². The molecule has 5 rings (SSSR count). The number of ether oxygens (including phenoxy) is 4. The highest BCUT2D eigenvalue weighted by atomic mass is 16.6. The number of phenols is 1. The summed E-state index contributed by atoms with van der Waals surface area (Å²) >= 11 is 0. The molecule has 0 amide bonds. The predicted octanol–water partition coefficient (Wildman–Crippen LogP) is 6.68. The lowest BCUT2D eigenvalue weighted by Gasteiger charge is -2.37. The first kappa shape index (κ1) is 31.9. The highest BCUT2D eigenvalue weighted by molar-refractivity contribution is 5.79. The van der Waals surface area contributed by atoms with E-state index in [-0.39, 0.29) is 53.4 Å². The van der Waals surface area contributed by atoms with E-state index in [2.05, 4.69) is 0 Å². The first-order chi connectivity index (χ1) is 20.7. The number of phenolic OH excluding ortho intramolecular Hbond substituents is 1. The van der Waals surface area contributed by atoms with Crippen molar-refractivity contribution in [3.8, 4) is 11.5 Å². The molecule has 1 aliphatic heterocycles. The van der Waals surface area contributed by atoms with Gasteiger partial charge in [-0.3, -0.25) is 14.4 Å². The van der Waals surface area contributed by atoms with Crippen molar-refractivity contribution >= 4 is 17.9 Å². The van der Waals surface area contributed by atoms with E-state index in [0.717, 1.165) is 17.5 Å². The second-order valence-corrected chi connectivity index (χ2v) is 14.4. The Kier molecular flexibility index (Phi) is 8.51. The first-order valence-electron chi connectivity index (χ1n) is 15.8. The fraction of sp³-hybridized carbons (Fsp3) is 0.583. The van der Waals surface area contributed by atoms with Crippen molar-refractivity contribution in [1.29, 1.82) is 0 Å². The van der Waals surface area contributed by atoms with Gasteiger partial charge in [0.25, 0.3) is 0 Å². The van der Waals surface area contributed by atoms with Crippen LogP contribution in [0.1, 0.15) is 90.7 Å². The molecule has 2 aliphatic carbocycles. The molecule has 2 saturated carbocycles. The maximum atomic E-state index is 13.9. The molecule has 8 heteroatoms. The predicted molar refractivity (Wildman–Crippen MR) is 164 cm³/mol. The van der Waals surface area contributed by atoms with Gasteiger partial charge < -0.3 is 24.1 Å². The topological polar surface area (TPSA) is 108 Å². The maximum absolute atomic E-state index is 13.9. The number of benzene rings is 2. The summed E-state index contributed by atoms with van der Waals surface area (Å²) in [5.41, 5.74) is -0.905. The van der Waals surface area contributed by atoms with Gasteiger partial charge in [-0.15, -0.1) is 0 Å². The molecule has 7 unspecified atom stereocenters. The quantitative estimate of drug-likeness (QED) is 0.211. The Hall–Kier alpha value is -3.55. The fourth-order valence-electron chi connectivity index (χ4n) is 7.47. The summed E-state index contributed by atoms with van der Waals surface area (Å²) in [6.45, 7) is 11.4. The van der Waals surface area contributed by atoms with E-state index in [1.807, 2.05) is 77.9 Å². The molecule has 2 bridgehead atoms. The van der Waals surface area contributed by atoms with Gasteiger partial charge in [0.15, 0.2) is 11.5 Å². The minimum Gasteiger partial charge on any atom is -0.504 e. The lowest BCUT2D eigenvalue weighted by Crippen LogP contribution is -2.41. The van der Waals surface area contributed by atoms with Gasteiger partial charge in [0.1, 0.15) is 17.8 Å². The van der Waals surface area contributed by atoms with Gasteiger partial charge in [0.05, 0.1) is 23.9 Å². The second kappa shape index (κ2) is 11.8. The molecule has 238 valence electrons. The summed E-state index contributed by atoms with van der Waals surface area (Å²) in [6, 6.07) is 14.8. The van der Waals surface area contributed by atoms with E-state index >= 15 is 0 Å². The molecule has 0 aromatic heterocycles. The zero-order valence-electron chi connectivity index (χ0n) is 26.9. The highest BCUT2D eigenvalue weighted by Gasteiger charge is 2.63. The van der Waals surface area contributed by atoms with Gasteiger partial charge in [0.2, 0.25) is 0 Å². The van der Waals surface area contributed by atoms with Crippen LogP contribution >= 0.6 is 0 Å². The van der Waals surface area contributed by atoms with Crippen LogP contribution in [0.3, 0.4) is 0 Å². The van der Waals surface area contributed by atoms with E-state index in [4.69, 9.17) is 18.9 Å². The molecule has 8 nitrogen and oxygen atoms in total. The van der Waals surface area contributed by atoms with E-state index in [1.165, 1.54) is 7.11 Å². The van der Waals surface area contributed by atoms with Crippen LogP contribution in [0.4, 0.5) is 0 Å². The highest BCUT2D eigenvalue weighted by Crippen LogP contribution is 2.56. The number of fused-ring (bicyclic) bond motifs is 1. The Labute approximate surface area is 260 Å². The van der Waals surface area contributed by atoms with Crippen LogP contribution in [-0.4, -0.2) is 42.3 Å². The van der Waals surface area contributed by atoms with Crippen molar-refractivity contribution in [3.63, 3.8) is 0 Å². The molecule has 2 aromatic carbocycles. The van der Waals surface area contributed by atoms with Crippen LogP contribution in [0.2, 0.25) is 0 Å². The number of carbonyl (C=O) groups excluding carboxylic acids is 3. The van der Waals surface area contributed by atoms with Crippen LogP contribution < -0.4 is 4.74 Å². The second-order valence-electron chi connectivity index (χ2n) is 14.4. The number of hydrogen-bond acceptors (Lipinski definition) is 8. The number of esters is 3. The Balaban J connectivity index is 1.38. The average molecular weight is 607 g/mol. The molecule has 0 radical (unpaired) electrons. The van der Waals surface area contributed by atoms with Crippen molar-refractivity contribution in [3.05, 3.63) is 59.7 Å². The van der Waals surface area contributed by atoms with Gasteiger partial charge in [0, 0.05) is 11.8 Å². The fourth-order valence-corrected chi connectivity index (χ4v) is 7.47. The number of rotatable bonds is 12. The average Bonchev–Trinajstić information content (AvgIpc) is 3.62. The lowest BCUT2D eigenvalue weighted by atomic mass is 9.71. The van der Waals surface area contributed by atoms with E-state index in [9.17, 15) is 19.5 Å². The number of aromatic hydroxyl groups is 1. The first-order valence-corrected chi connectivity index (χ1v) is 15.8. The van der Waals surface area contributed by atoms with Gasteiger partial charge in [-0.2, -0.15) is 0 Å². The largest absolute Gasteiger partial charge is 0.504 e. The standard InChI is InChI=1S/C36H46O8/c1-8-36(6,33(40)44-35(4,5)24-12-10-9-11-13-24)20-23(21-14-15-27(37)28(18-21)41-7)19-34(2,3)32(39)43-29-22-16-25-26(17-22)31(38)42-30(25)29/h9-15,18,22-23,25-26,29-30,37H,8,16-17,19-20H2,1-7H3. The third-order valence-electron chi connectivity index (χ3n) is 10.4. The van der Waals surface area contributed by atoms with Gasteiger partial charge in [-0.05, 0) is 95.9 Å². The van der Waals surface area contributed by atoms with E-state index < -0.39 is 22.5 Å². The minimum atomic E-state index is -0.929. The van der Waals surface area contributed by atoms with Crippen LogP contribution in [-0.2, 0) is 34.2 Å². The van der Waals surface area contributed by atoms with Crippen LogP contribution in [0.5, 0.6) is 11.5 Å². The molecular formula is C36H46O8. The summed E-state index contributed by atoms with van der Waals surface area (Å²) in [7, 11) is 1.49. The summed E-state index contributed by atoms with van der Waals surface area (Å²) in [5.74, 6) is -0.552. The summed E-state index contributed by atoms with van der Waals surface area (Å²) in [6.07, 6.45) is 2.09. The zero-order chi connectivity index (χ0) is 32.0. The maximum Gasteiger partial charge on any atom is 0.312 e. The number of methoxy groups -OCH3 is 1. The number of hydrogen-bond donors (Lipinski definition) is 1. The van der Waals surface area contributed by atoms with Crippen molar-refractivity contribution < 1.29 is 38.4 Å². The minimum absolute atomic E-state index is 0.0108. The summed E-state index contributed by atoms with van der Waals surface area (Å²) in [4.78, 5) is 40.0. The van der Waals surface area contributed by atoms with Crippen molar-refractivity contribution in [2.24, 2.45) is 28.6 Å². The van der Waals surface area contributed by atoms with Crippen molar-refractivity contribution in [2.45, 2.75) is 97.4 Å². The smallest absolute Gasteiger partial charge is 0.312 e. The lowest BCUT2D eigenvalue weighted by molar-refractivity contribution is -0.172. The summed E-state index contributed by atoms with van der Waals surface area (Å²) in [5, 5.41) is 10.3. The normalized spacial score (nSPS) is 26.1. The Morgan fingerprint density at radius 2 is 1.70 bits per heavy atom. The molecular weight excluding hydrogens is 560 g/mol. The molecule has 3 fully saturated rings. The van der Waals surface area contributed by atoms with E-state index in [1.54, 1.807) is 12.1 Å². The molecule has 7 atom stereocenters. The van der Waals surface area contributed by atoms with Gasteiger partial charge in [-0.1, -0.05) is 43.3 Å². The van der Waals surface area contributed by atoms with Crippen LogP contribution in [0.15, 0.2) is 48.5 Å². The molecule has 1 N–H and O–H groups in total. The SMILES string of the molecule is CCC(C)(CC(CC(C)(C)C(=O)OC1C2CC3C(=O)OC1C3C2)c1ccc(O)c(OC)c1)C(=O)OC(C)(C)c1ccccc1. The molecule has 3 aliphatic rings. The van der Waals surface area contributed by atoms with Crippen LogP contribution in [0.25, 0.3) is 0 Å². The monoisotopic (exact) mass is 606 g/mol. The zero-order valence-corrected chi connectivity index (χ0v) is 26.9. The van der Waals surface area contributed by atoms with Crippen LogP contribution in [0, 0.1) is 28.6 Å². The Morgan fingerprint density at radius 1 is 1.00 bits per heavy atom. The molecule has 0 spiro atoms. The number of carbonyl (C=O) groups is 3. The third-order valence-corrected chi connectivity index (χ3v) is 10.4. The van der Waals surface area contributed by atoms with Crippen molar-refractivity contribution in [2.75, 3.05) is 7.11 Å². The Morgan fingerprint density at radius 3 is 2.36 bits per heavy atom. The third kappa shape index (κ3) is 5.92. The van der Waals surface area contributed by atoms with Gasteiger partial charge >= 0.3 is 17.9 Å². The van der Waals surface area contributed by atoms with Crippen molar-refractivity contribution in [1.82, 2.24) is 0 Å². The Bertz CT molecular complexity index is 1400. The molecule has 1 heterocycles. The molecule has 1 saturated heterocycles. The molecule has 2 aromatic rings. The molecule has 44 heavy (non-hydrogen) atoms. The summed E-state index contributed by atoms with van der Waals surface area (Å²) < 4.78 is 23.3.